The van der Waals surface area contributed by atoms with Crippen LogP contribution < -0.4 is 5.32 Å². The van der Waals surface area contributed by atoms with Crippen molar-refractivity contribution in [2.45, 2.75) is 19.9 Å². The summed E-state index contributed by atoms with van der Waals surface area (Å²) in [5.74, 6) is 1.01. The zero-order valence-corrected chi connectivity index (χ0v) is 10.7. The Hall–Kier alpha value is -1.06. The highest BCUT2D eigenvalue weighted by Gasteiger charge is 2.15. The van der Waals surface area contributed by atoms with Crippen LogP contribution in [0.2, 0.25) is 0 Å². The van der Waals surface area contributed by atoms with Gasteiger partial charge in [-0.1, -0.05) is 11.6 Å². The monoisotopic (exact) mass is 222 g/mol. The number of likely N-dealkylation sites (N-methyl/N-ethyl adjacent to an activating group) is 1. The second kappa shape index (κ2) is 6.51. The van der Waals surface area contributed by atoms with Crippen molar-refractivity contribution in [1.82, 2.24) is 10.2 Å². The van der Waals surface area contributed by atoms with Crippen LogP contribution in [0.1, 0.15) is 25.6 Å². The number of furan rings is 1. The highest BCUT2D eigenvalue weighted by molar-refractivity contribution is 5.05. The summed E-state index contributed by atoms with van der Waals surface area (Å²) in [5.41, 5.74) is 1.34. The Kier molecular flexibility index (Phi) is 5.29. The van der Waals surface area contributed by atoms with Gasteiger partial charge in [0.05, 0.1) is 12.3 Å². The van der Waals surface area contributed by atoms with Crippen LogP contribution >= 0.6 is 0 Å². The van der Waals surface area contributed by atoms with Crippen molar-refractivity contribution in [3.63, 3.8) is 0 Å². The summed E-state index contributed by atoms with van der Waals surface area (Å²) < 4.78 is 5.44. The maximum absolute atomic E-state index is 5.44. The molecule has 1 unspecified atom stereocenters. The molecule has 0 saturated heterocycles. The Morgan fingerprint density at radius 1 is 1.50 bits per heavy atom. The summed E-state index contributed by atoms with van der Waals surface area (Å²) in [6.45, 7) is 6.02. The van der Waals surface area contributed by atoms with Gasteiger partial charge in [0, 0.05) is 13.1 Å². The average Bonchev–Trinajstić information content (AvgIpc) is 2.69. The molecule has 1 atom stereocenters. The first-order valence-electron chi connectivity index (χ1n) is 5.65. The fourth-order valence-electron chi connectivity index (χ4n) is 1.51. The van der Waals surface area contributed by atoms with E-state index in [-0.39, 0.29) is 0 Å². The van der Waals surface area contributed by atoms with Gasteiger partial charge in [0.15, 0.2) is 0 Å². The topological polar surface area (TPSA) is 28.4 Å². The number of allylic oxidation sites excluding steroid dienone is 1. The lowest BCUT2D eigenvalue weighted by molar-refractivity contribution is 0.252. The molecule has 1 aromatic heterocycles. The molecule has 1 N–H and O–H groups in total. The summed E-state index contributed by atoms with van der Waals surface area (Å²) in [4.78, 5) is 2.16. The minimum absolute atomic E-state index is 0.292. The third kappa shape index (κ3) is 4.21. The average molecular weight is 222 g/mol. The lowest BCUT2D eigenvalue weighted by Crippen LogP contribution is -2.30. The van der Waals surface area contributed by atoms with Gasteiger partial charge >= 0.3 is 0 Å². The summed E-state index contributed by atoms with van der Waals surface area (Å²) in [6.07, 6.45) is 3.91. The van der Waals surface area contributed by atoms with E-state index in [9.17, 15) is 0 Å². The highest BCUT2D eigenvalue weighted by Crippen LogP contribution is 2.17. The molecule has 16 heavy (non-hydrogen) atoms. The van der Waals surface area contributed by atoms with E-state index in [1.165, 1.54) is 5.57 Å². The molecule has 0 aliphatic carbocycles. The predicted octanol–water partition coefficient (Wildman–Crippen LogP) is 2.44. The summed E-state index contributed by atoms with van der Waals surface area (Å²) in [7, 11) is 4.13. The fraction of sp³-hybridized carbons (Fsp3) is 0.538. The van der Waals surface area contributed by atoms with E-state index in [1.54, 1.807) is 6.26 Å². The number of nitrogens with one attached hydrogen (secondary N) is 1. The molecule has 3 nitrogen and oxygen atoms in total. The van der Waals surface area contributed by atoms with Crippen LogP contribution in [-0.2, 0) is 0 Å². The van der Waals surface area contributed by atoms with Gasteiger partial charge in [0.2, 0.25) is 0 Å². The maximum atomic E-state index is 5.44. The van der Waals surface area contributed by atoms with E-state index in [1.807, 2.05) is 12.1 Å². The highest BCUT2D eigenvalue weighted by atomic mass is 16.3. The van der Waals surface area contributed by atoms with Gasteiger partial charge in [-0.25, -0.2) is 0 Å². The van der Waals surface area contributed by atoms with E-state index in [4.69, 9.17) is 4.42 Å². The Balaban J connectivity index is 2.44. The molecule has 0 aliphatic rings. The molecule has 0 aliphatic heterocycles. The van der Waals surface area contributed by atoms with Crippen molar-refractivity contribution in [1.29, 1.82) is 0 Å². The first-order chi connectivity index (χ1) is 7.61. The number of nitrogens with zero attached hydrogens (tertiary/aromatic N) is 1. The van der Waals surface area contributed by atoms with Crippen molar-refractivity contribution in [2.24, 2.45) is 0 Å². The number of hydrogen-bond donors (Lipinski definition) is 1. The number of rotatable bonds is 6. The zero-order chi connectivity index (χ0) is 12.0. The minimum atomic E-state index is 0.292. The Morgan fingerprint density at radius 3 is 2.75 bits per heavy atom. The Morgan fingerprint density at radius 2 is 2.25 bits per heavy atom. The standard InChI is InChI=1S/C13H22N2O/c1-11(2)7-8-14-10-12(15(3)4)13-6-5-9-16-13/h5-7,9,12,14H,8,10H2,1-4H3. The van der Waals surface area contributed by atoms with E-state index >= 15 is 0 Å². The lowest BCUT2D eigenvalue weighted by atomic mass is 10.2. The molecule has 1 rings (SSSR count). The van der Waals surface area contributed by atoms with Crippen LogP contribution in [0.5, 0.6) is 0 Å². The van der Waals surface area contributed by atoms with E-state index in [0.29, 0.717) is 6.04 Å². The van der Waals surface area contributed by atoms with Crippen LogP contribution in [-0.4, -0.2) is 32.1 Å². The van der Waals surface area contributed by atoms with Crippen molar-refractivity contribution in [3.05, 3.63) is 35.8 Å². The maximum Gasteiger partial charge on any atom is 0.122 e. The van der Waals surface area contributed by atoms with Gasteiger partial charge in [-0.3, -0.25) is 4.90 Å². The van der Waals surface area contributed by atoms with Crippen molar-refractivity contribution in [3.8, 4) is 0 Å². The van der Waals surface area contributed by atoms with Crippen LogP contribution in [0, 0.1) is 0 Å². The van der Waals surface area contributed by atoms with Gasteiger partial charge in [0.25, 0.3) is 0 Å². The third-order valence-corrected chi connectivity index (χ3v) is 2.49. The molecule has 0 aromatic carbocycles. The van der Waals surface area contributed by atoms with Gasteiger partial charge in [-0.05, 0) is 40.1 Å². The summed E-state index contributed by atoms with van der Waals surface area (Å²) >= 11 is 0. The molecule has 1 aromatic rings. The minimum Gasteiger partial charge on any atom is -0.468 e. The lowest BCUT2D eigenvalue weighted by Gasteiger charge is -2.22. The summed E-state index contributed by atoms with van der Waals surface area (Å²) in [5, 5.41) is 3.41. The van der Waals surface area contributed by atoms with E-state index in [0.717, 1.165) is 18.8 Å². The first-order valence-corrected chi connectivity index (χ1v) is 5.65. The van der Waals surface area contributed by atoms with Crippen molar-refractivity contribution < 1.29 is 4.42 Å². The first kappa shape index (κ1) is 13.0. The second-order valence-electron chi connectivity index (χ2n) is 4.43. The molecule has 0 spiro atoms. The van der Waals surface area contributed by atoms with Crippen LogP contribution in [0.15, 0.2) is 34.5 Å². The van der Waals surface area contributed by atoms with Gasteiger partial charge < -0.3 is 9.73 Å². The SMILES string of the molecule is CC(C)=CCNCC(c1ccco1)N(C)C. The third-order valence-electron chi connectivity index (χ3n) is 2.49. The van der Waals surface area contributed by atoms with E-state index in [2.05, 4.69) is 44.2 Å². The van der Waals surface area contributed by atoms with Gasteiger partial charge in [-0.2, -0.15) is 0 Å². The van der Waals surface area contributed by atoms with Crippen molar-refractivity contribution in [2.75, 3.05) is 27.2 Å². The zero-order valence-electron chi connectivity index (χ0n) is 10.7. The van der Waals surface area contributed by atoms with Crippen LogP contribution in [0.3, 0.4) is 0 Å². The fourth-order valence-corrected chi connectivity index (χ4v) is 1.51. The predicted molar refractivity (Wildman–Crippen MR) is 67.4 cm³/mol. The van der Waals surface area contributed by atoms with Crippen LogP contribution in [0.25, 0.3) is 0 Å². The van der Waals surface area contributed by atoms with Crippen molar-refractivity contribution >= 4 is 0 Å². The molecule has 0 fully saturated rings. The quantitative estimate of drug-likeness (QED) is 0.592. The molecule has 90 valence electrons. The van der Waals surface area contributed by atoms with Crippen LogP contribution in [0.4, 0.5) is 0 Å². The molecule has 0 amide bonds. The van der Waals surface area contributed by atoms with E-state index < -0.39 is 0 Å². The second-order valence-corrected chi connectivity index (χ2v) is 4.43. The Bertz CT molecular complexity index is 311. The summed E-state index contributed by atoms with van der Waals surface area (Å²) in [6, 6.07) is 4.25. The molecule has 0 saturated carbocycles. The molecule has 1 heterocycles. The molecular formula is C13H22N2O. The molecule has 3 heteroatoms. The molecule has 0 bridgehead atoms. The number of hydrogen-bond acceptors (Lipinski definition) is 3. The normalized spacial score (nSPS) is 12.8. The Labute approximate surface area is 98.1 Å². The van der Waals surface area contributed by atoms with Gasteiger partial charge in [-0.15, -0.1) is 0 Å². The molecular weight excluding hydrogens is 200 g/mol. The smallest absolute Gasteiger partial charge is 0.122 e. The largest absolute Gasteiger partial charge is 0.468 e. The van der Waals surface area contributed by atoms with Gasteiger partial charge in [0.1, 0.15) is 5.76 Å². The molecule has 0 radical (unpaired) electrons.